The van der Waals surface area contributed by atoms with Crippen molar-refractivity contribution in [3.63, 3.8) is 0 Å². The van der Waals surface area contributed by atoms with E-state index in [2.05, 4.69) is 52.3 Å². The highest BCUT2D eigenvalue weighted by molar-refractivity contribution is 5.57. The number of likely N-dealkylation sites (tertiary alicyclic amines) is 1. The van der Waals surface area contributed by atoms with Crippen molar-refractivity contribution in [3.05, 3.63) is 84.3 Å². The molecule has 3 nitrogen and oxygen atoms in total. The van der Waals surface area contributed by atoms with Gasteiger partial charge in [-0.05, 0) is 43.8 Å². The second-order valence-electron chi connectivity index (χ2n) is 7.17. The molecule has 1 aliphatic rings. The van der Waals surface area contributed by atoms with Crippen LogP contribution < -0.4 is 0 Å². The molecule has 0 radical (unpaired) electrons. The lowest BCUT2D eigenvalue weighted by atomic mass is 9.92. The second-order valence-corrected chi connectivity index (χ2v) is 7.17. The largest absolute Gasteiger partial charge is 0.299 e. The molecular weight excluding hydrogens is 318 g/mol. The average molecular weight is 343 g/mol. The van der Waals surface area contributed by atoms with Crippen molar-refractivity contribution >= 4 is 0 Å². The number of benzene rings is 2. The predicted molar refractivity (Wildman–Crippen MR) is 106 cm³/mol. The highest BCUT2D eigenvalue weighted by Gasteiger charge is 2.20. The Bertz CT molecular complexity index is 809. The van der Waals surface area contributed by atoms with Crippen molar-refractivity contribution in [3.8, 4) is 11.3 Å². The van der Waals surface area contributed by atoms with E-state index in [-0.39, 0.29) is 0 Å². The van der Waals surface area contributed by atoms with Gasteiger partial charge in [0.25, 0.3) is 0 Å². The topological polar surface area (TPSA) is 29.0 Å². The Balaban J connectivity index is 1.33. The molecule has 3 heteroatoms. The number of piperidine rings is 1. The summed E-state index contributed by atoms with van der Waals surface area (Å²) in [7, 11) is 0. The van der Waals surface area contributed by atoms with Crippen molar-refractivity contribution in [1.82, 2.24) is 14.9 Å². The van der Waals surface area contributed by atoms with Crippen LogP contribution in [0, 0.1) is 5.92 Å². The molecule has 132 valence electrons. The van der Waals surface area contributed by atoms with Gasteiger partial charge in [0.15, 0.2) is 0 Å². The van der Waals surface area contributed by atoms with E-state index in [9.17, 15) is 0 Å². The Kier molecular flexibility index (Phi) is 5.36. The number of aromatic nitrogens is 2. The summed E-state index contributed by atoms with van der Waals surface area (Å²) in [6.07, 6.45) is 7.31. The summed E-state index contributed by atoms with van der Waals surface area (Å²) in [6.45, 7) is 3.41. The normalized spacial score (nSPS) is 15.8. The van der Waals surface area contributed by atoms with Gasteiger partial charge in [0.1, 0.15) is 0 Å². The van der Waals surface area contributed by atoms with Crippen LogP contribution in [0.25, 0.3) is 11.3 Å². The van der Waals surface area contributed by atoms with Crippen LogP contribution in [0.2, 0.25) is 0 Å². The van der Waals surface area contributed by atoms with Gasteiger partial charge in [-0.1, -0.05) is 60.7 Å². The molecule has 1 aliphatic heterocycles. The molecule has 26 heavy (non-hydrogen) atoms. The standard InChI is InChI=1S/C23H25N3/c1-3-7-20(8-4-1)18-26-13-11-19(12-14-26)15-22-16-24-17-23(25-22)21-9-5-2-6-10-21/h1-10,16-17,19H,11-15,18H2. The third kappa shape index (κ3) is 4.36. The molecule has 0 spiro atoms. The summed E-state index contributed by atoms with van der Waals surface area (Å²) in [5.74, 6) is 0.711. The predicted octanol–water partition coefficient (Wildman–Crippen LogP) is 4.60. The highest BCUT2D eigenvalue weighted by Crippen LogP contribution is 2.23. The molecule has 0 saturated carbocycles. The Hall–Kier alpha value is -2.52. The smallest absolute Gasteiger partial charge is 0.0888 e. The van der Waals surface area contributed by atoms with Gasteiger partial charge in [0.05, 0.1) is 17.6 Å². The van der Waals surface area contributed by atoms with Crippen molar-refractivity contribution < 1.29 is 0 Å². The first-order valence-corrected chi connectivity index (χ1v) is 9.49. The fourth-order valence-corrected chi connectivity index (χ4v) is 3.74. The van der Waals surface area contributed by atoms with Crippen LogP contribution in [-0.2, 0) is 13.0 Å². The molecule has 1 fully saturated rings. The van der Waals surface area contributed by atoms with Crippen LogP contribution in [0.3, 0.4) is 0 Å². The SMILES string of the molecule is c1ccc(CN2CCC(Cc3cncc(-c4ccccc4)n3)CC2)cc1. The van der Waals surface area contributed by atoms with Crippen LogP contribution in [0.5, 0.6) is 0 Å². The van der Waals surface area contributed by atoms with Gasteiger partial charge in [0.2, 0.25) is 0 Å². The quantitative estimate of drug-likeness (QED) is 0.678. The van der Waals surface area contributed by atoms with Gasteiger partial charge in [-0.2, -0.15) is 0 Å². The molecule has 0 N–H and O–H groups in total. The van der Waals surface area contributed by atoms with E-state index in [1.165, 1.54) is 31.5 Å². The minimum absolute atomic E-state index is 0.711. The minimum atomic E-state index is 0.711. The summed E-state index contributed by atoms with van der Waals surface area (Å²) in [4.78, 5) is 11.8. The first-order chi connectivity index (χ1) is 12.9. The van der Waals surface area contributed by atoms with E-state index >= 15 is 0 Å². The van der Waals surface area contributed by atoms with E-state index in [1.54, 1.807) is 0 Å². The molecule has 1 saturated heterocycles. The molecule has 3 aromatic rings. The van der Waals surface area contributed by atoms with Gasteiger partial charge < -0.3 is 0 Å². The van der Waals surface area contributed by atoms with Gasteiger partial charge >= 0.3 is 0 Å². The Morgan fingerprint density at radius 2 is 1.54 bits per heavy atom. The summed E-state index contributed by atoms with van der Waals surface area (Å²) in [5, 5.41) is 0. The molecule has 0 unspecified atom stereocenters. The van der Waals surface area contributed by atoms with Crippen molar-refractivity contribution in [2.75, 3.05) is 13.1 Å². The van der Waals surface area contributed by atoms with Crippen molar-refractivity contribution in [1.29, 1.82) is 0 Å². The van der Waals surface area contributed by atoms with E-state index in [1.807, 2.05) is 30.6 Å². The van der Waals surface area contributed by atoms with E-state index in [0.717, 1.165) is 29.9 Å². The summed E-state index contributed by atoms with van der Waals surface area (Å²) in [5.41, 5.74) is 4.64. The first-order valence-electron chi connectivity index (χ1n) is 9.49. The maximum Gasteiger partial charge on any atom is 0.0888 e. The molecule has 0 bridgehead atoms. The lowest BCUT2D eigenvalue weighted by molar-refractivity contribution is 0.176. The molecular formula is C23H25N3. The molecule has 2 heterocycles. The highest BCUT2D eigenvalue weighted by atomic mass is 15.1. The molecule has 1 aromatic heterocycles. The Morgan fingerprint density at radius 3 is 2.27 bits per heavy atom. The van der Waals surface area contributed by atoms with Crippen LogP contribution >= 0.6 is 0 Å². The van der Waals surface area contributed by atoms with Gasteiger partial charge in [-0.15, -0.1) is 0 Å². The molecule has 0 aliphatic carbocycles. The Labute approximate surface area is 155 Å². The fourth-order valence-electron chi connectivity index (χ4n) is 3.74. The lowest BCUT2D eigenvalue weighted by Gasteiger charge is -2.31. The van der Waals surface area contributed by atoms with Gasteiger partial charge in [0, 0.05) is 18.3 Å². The third-order valence-electron chi connectivity index (χ3n) is 5.21. The maximum absolute atomic E-state index is 4.85. The second kappa shape index (κ2) is 8.24. The van der Waals surface area contributed by atoms with Crippen molar-refractivity contribution in [2.24, 2.45) is 5.92 Å². The summed E-state index contributed by atoms with van der Waals surface area (Å²) >= 11 is 0. The molecule has 4 rings (SSSR count). The van der Waals surface area contributed by atoms with Gasteiger partial charge in [-0.25, -0.2) is 4.98 Å². The average Bonchev–Trinajstić information content (AvgIpc) is 2.71. The molecule has 0 atom stereocenters. The summed E-state index contributed by atoms with van der Waals surface area (Å²) in [6, 6.07) is 21.1. The zero-order valence-electron chi connectivity index (χ0n) is 15.1. The molecule has 0 amide bonds. The van der Waals surface area contributed by atoms with Crippen LogP contribution in [0.15, 0.2) is 73.1 Å². The van der Waals surface area contributed by atoms with E-state index in [0.29, 0.717) is 5.92 Å². The minimum Gasteiger partial charge on any atom is -0.299 e. The van der Waals surface area contributed by atoms with Crippen LogP contribution in [-0.4, -0.2) is 28.0 Å². The van der Waals surface area contributed by atoms with Crippen LogP contribution in [0.4, 0.5) is 0 Å². The molecule has 2 aromatic carbocycles. The first kappa shape index (κ1) is 16.9. The zero-order valence-corrected chi connectivity index (χ0v) is 15.1. The lowest BCUT2D eigenvalue weighted by Crippen LogP contribution is -2.33. The third-order valence-corrected chi connectivity index (χ3v) is 5.21. The van der Waals surface area contributed by atoms with Gasteiger partial charge in [-0.3, -0.25) is 9.88 Å². The van der Waals surface area contributed by atoms with E-state index < -0.39 is 0 Å². The number of nitrogens with zero attached hydrogens (tertiary/aromatic N) is 3. The zero-order chi connectivity index (χ0) is 17.6. The van der Waals surface area contributed by atoms with Crippen molar-refractivity contribution in [2.45, 2.75) is 25.8 Å². The Morgan fingerprint density at radius 1 is 0.846 bits per heavy atom. The van der Waals surface area contributed by atoms with E-state index in [4.69, 9.17) is 4.98 Å². The monoisotopic (exact) mass is 343 g/mol. The fraction of sp³-hybridized carbons (Fsp3) is 0.304. The van der Waals surface area contributed by atoms with Crippen LogP contribution in [0.1, 0.15) is 24.1 Å². The number of hydrogen-bond donors (Lipinski definition) is 0. The summed E-state index contributed by atoms with van der Waals surface area (Å²) < 4.78 is 0. The maximum atomic E-state index is 4.85. The number of rotatable bonds is 5. The number of hydrogen-bond acceptors (Lipinski definition) is 3.